The minimum atomic E-state index is -0.240. The maximum atomic E-state index is 11.1. The highest BCUT2D eigenvalue weighted by atomic mass is 16.5. The quantitative estimate of drug-likeness (QED) is 0.366. The molecule has 1 rings (SSSR count). The lowest BCUT2D eigenvalue weighted by atomic mass is 10.1. The van der Waals surface area contributed by atoms with E-state index >= 15 is 0 Å². The SMILES string of the molecule is CCOC(=O)C=CCCCCCCc1cccc(OC)c1. The van der Waals surface area contributed by atoms with E-state index in [1.54, 1.807) is 7.11 Å². The molecule has 0 aromatic heterocycles. The van der Waals surface area contributed by atoms with Crippen LogP contribution in [0.5, 0.6) is 5.75 Å². The zero-order valence-corrected chi connectivity index (χ0v) is 13.1. The number of ether oxygens (including phenoxy) is 2. The number of benzene rings is 1. The van der Waals surface area contributed by atoms with E-state index < -0.39 is 0 Å². The third-order valence-electron chi connectivity index (χ3n) is 3.26. The fraction of sp³-hybridized carbons (Fsp3) is 0.500. The van der Waals surface area contributed by atoms with Gasteiger partial charge in [0.2, 0.25) is 0 Å². The average molecular weight is 290 g/mol. The zero-order valence-electron chi connectivity index (χ0n) is 13.1. The molecule has 21 heavy (non-hydrogen) atoms. The van der Waals surface area contributed by atoms with Crippen LogP contribution in [0.25, 0.3) is 0 Å². The van der Waals surface area contributed by atoms with Gasteiger partial charge in [0.1, 0.15) is 5.75 Å². The molecule has 0 spiro atoms. The van der Waals surface area contributed by atoms with Crippen LogP contribution in [0.3, 0.4) is 0 Å². The Hall–Kier alpha value is -1.77. The van der Waals surface area contributed by atoms with Crippen molar-refractivity contribution in [2.45, 2.75) is 45.4 Å². The van der Waals surface area contributed by atoms with Crippen molar-refractivity contribution in [3.05, 3.63) is 42.0 Å². The lowest BCUT2D eigenvalue weighted by molar-refractivity contribution is -0.137. The molecule has 0 heterocycles. The van der Waals surface area contributed by atoms with Crippen molar-refractivity contribution < 1.29 is 14.3 Å². The number of unbranched alkanes of at least 4 members (excludes halogenated alkanes) is 4. The Morgan fingerprint density at radius 2 is 2.00 bits per heavy atom. The second-order valence-corrected chi connectivity index (χ2v) is 4.96. The molecule has 0 unspecified atom stereocenters. The lowest BCUT2D eigenvalue weighted by Crippen LogP contribution is -1.98. The molecule has 0 amide bonds. The van der Waals surface area contributed by atoms with Crippen molar-refractivity contribution in [1.82, 2.24) is 0 Å². The van der Waals surface area contributed by atoms with Crippen molar-refractivity contribution in [3.8, 4) is 5.75 Å². The fourth-order valence-corrected chi connectivity index (χ4v) is 2.14. The van der Waals surface area contributed by atoms with E-state index in [9.17, 15) is 4.79 Å². The van der Waals surface area contributed by atoms with E-state index in [-0.39, 0.29) is 5.97 Å². The van der Waals surface area contributed by atoms with Crippen LogP contribution < -0.4 is 4.74 Å². The van der Waals surface area contributed by atoms with Crippen LogP contribution in [0, 0.1) is 0 Å². The molecular weight excluding hydrogens is 264 g/mol. The molecule has 3 nitrogen and oxygen atoms in total. The lowest BCUT2D eigenvalue weighted by Gasteiger charge is -2.04. The first-order valence-corrected chi connectivity index (χ1v) is 7.72. The Balaban J connectivity index is 2.05. The zero-order chi connectivity index (χ0) is 15.3. The van der Waals surface area contributed by atoms with E-state index in [2.05, 4.69) is 12.1 Å². The molecule has 0 N–H and O–H groups in total. The maximum absolute atomic E-state index is 11.1. The standard InChI is InChI=1S/C18H26O3/c1-3-21-18(19)14-9-7-5-4-6-8-11-16-12-10-13-17(15-16)20-2/h9-10,12-15H,3-8,11H2,1-2H3. The van der Waals surface area contributed by atoms with Gasteiger partial charge in [0.25, 0.3) is 0 Å². The van der Waals surface area contributed by atoms with Gasteiger partial charge in [0.15, 0.2) is 0 Å². The molecular formula is C18H26O3. The molecule has 0 radical (unpaired) electrons. The number of esters is 1. The first kappa shape index (κ1) is 17.3. The predicted octanol–water partition coefficient (Wildman–Crippen LogP) is 4.31. The third kappa shape index (κ3) is 8.18. The first-order valence-electron chi connectivity index (χ1n) is 7.72. The van der Waals surface area contributed by atoms with Crippen LogP contribution in [-0.4, -0.2) is 19.7 Å². The Labute approximate surface area is 128 Å². The van der Waals surface area contributed by atoms with Crippen molar-refractivity contribution in [1.29, 1.82) is 0 Å². The van der Waals surface area contributed by atoms with E-state index in [4.69, 9.17) is 9.47 Å². The molecule has 0 saturated heterocycles. The highest BCUT2D eigenvalue weighted by Gasteiger charge is 1.97. The molecule has 3 heteroatoms. The summed E-state index contributed by atoms with van der Waals surface area (Å²) >= 11 is 0. The Kier molecular flexibility index (Phi) is 9.01. The topological polar surface area (TPSA) is 35.5 Å². The average Bonchev–Trinajstić information content (AvgIpc) is 2.50. The van der Waals surface area contributed by atoms with Gasteiger partial charge >= 0.3 is 5.97 Å². The van der Waals surface area contributed by atoms with Gasteiger partial charge in [-0.3, -0.25) is 0 Å². The molecule has 0 saturated carbocycles. The molecule has 0 fully saturated rings. The molecule has 0 bridgehead atoms. The van der Waals surface area contributed by atoms with Crippen LogP contribution in [0.15, 0.2) is 36.4 Å². The molecule has 1 aromatic carbocycles. The summed E-state index contributed by atoms with van der Waals surface area (Å²) in [6, 6.07) is 8.25. The van der Waals surface area contributed by atoms with Crippen LogP contribution in [0.4, 0.5) is 0 Å². The molecule has 0 aliphatic carbocycles. The minimum Gasteiger partial charge on any atom is -0.497 e. The van der Waals surface area contributed by atoms with E-state index in [0.29, 0.717) is 6.61 Å². The van der Waals surface area contributed by atoms with Crippen LogP contribution in [0.2, 0.25) is 0 Å². The van der Waals surface area contributed by atoms with Crippen LogP contribution in [0.1, 0.15) is 44.6 Å². The molecule has 0 atom stereocenters. The summed E-state index contributed by atoms with van der Waals surface area (Å²) in [4.78, 5) is 11.1. The fourth-order valence-electron chi connectivity index (χ4n) is 2.14. The number of hydrogen-bond acceptors (Lipinski definition) is 3. The summed E-state index contributed by atoms with van der Waals surface area (Å²) in [5, 5.41) is 0. The van der Waals surface area contributed by atoms with E-state index in [1.807, 2.05) is 25.1 Å². The summed E-state index contributed by atoms with van der Waals surface area (Å²) in [6.45, 7) is 2.25. The number of allylic oxidation sites excluding steroid dienone is 1. The number of carbonyl (C=O) groups excluding carboxylic acids is 1. The summed E-state index contributed by atoms with van der Waals surface area (Å²) < 4.78 is 10.0. The highest BCUT2D eigenvalue weighted by molar-refractivity contribution is 5.81. The monoisotopic (exact) mass is 290 g/mol. The summed E-state index contributed by atoms with van der Waals surface area (Å²) in [5.41, 5.74) is 1.33. The number of hydrogen-bond donors (Lipinski definition) is 0. The summed E-state index contributed by atoms with van der Waals surface area (Å²) in [7, 11) is 1.70. The van der Waals surface area contributed by atoms with Gasteiger partial charge in [-0.05, 0) is 50.3 Å². The Bertz CT molecular complexity index is 438. The maximum Gasteiger partial charge on any atom is 0.330 e. The van der Waals surface area contributed by atoms with Gasteiger partial charge in [-0.2, -0.15) is 0 Å². The predicted molar refractivity (Wildman–Crippen MR) is 85.6 cm³/mol. The van der Waals surface area contributed by atoms with E-state index in [1.165, 1.54) is 30.9 Å². The summed E-state index contributed by atoms with van der Waals surface area (Å²) in [6.07, 6.45) is 10.2. The molecule has 116 valence electrons. The molecule has 0 aliphatic heterocycles. The second kappa shape index (κ2) is 11.0. The largest absolute Gasteiger partial charge is 0.497 e. The van der Waals surface area contributed by atoms with Gasteiger partial charge in [-0.25, -0.2) is 4.79 Å². The van der Waals surface area contributed by atoms with Crippen molar-refractivity contribution in [2.75, 3.05) is 13.7 Å². The number of methoxy groups -OCH3 is 1. The van der Waals surface area contributed by atoms with Gasteiger partial charge in [-0.15, -0.1) is 0 Å². The smallest absolute Gasteiger partial charge is 0.330 e. The van der Waals surface area contributed by atoms with Gasteiger partial charge < -0.3 is 9.47 Å². The van der Waals surface area contributed by atoms with Crippen molar-refractivity contribution in [2.24, 2.45) is 0 Å². The Morgan fingerprint density at radius 1 is 1.19 bits per heavy atom. The Morgan fingerprint density at radius 3 is 2.76 bits per heavy atom. The summed E-state index contributed by atoms with van der Waals surface area (Å²) in [5.74, 6) is 0.687. The number of aryl methyl sites for hydroxylation is 1. The second-order valence-electron chi connectivity index (χ2n) is 4.96. The number of carbonyl (C=O) groups is 1. The highest BCUT2D eigenvalue weighted by Crippen LogP contribution is 2.15. The van der Waals surface area contributed by atoms with Crippen molar-refractivity contribution in [3.63, 3.8) is 0 Å². The minimum absolute atomic E-state index is 0.240. The van der Waals surface area contributed by atoms with Crippen LogP contribution in [-0.2, 0) is 16.0 Å². The van der Waals surface area contributed by atoms with Crippen molar-refractivity contribution >= 4 is 5.97 Å². The third-order valence-corrected chi connectivity index (χ3v) is 3.26. The van der Waals surface area contributed by atoms with Gasteiger partial charge in [-0.1, -0.05) is 31.1 Å². The van der Waals surface area contributed by atoms with Gasteiger partial charge in [0, 0.05) is 6.08 Å². The number of rotatable bonds is 10. The molecule has 0 aliphatic rings. The van der Waals surface area contributed by atoms with Crippen LogP contribution >= 0.6 is 0 Å². The first-order chi connectivity index (χ1) is 10.3. The van der Waals surface area contributed by atoms with Gasteiger partial charge in [0.05, 0.1) is 13.7 Å². The normalized spacial score (nSPS) is 10.8. The van der Waals surface area contributed by atoms with E-state index in [0.717, 1.165) is 25.0 Å². The molecule has 1 aromatic rings.